The van der Waals surface area contributed by atoms with Crippen LogP contribution in [0.1, 0.15) is 25.3 Å². The lowest BCUT2D eigenvalue weighted by molar-refractivity contribution is -0.0504. The Kier molecular flexibility index (Phi) is 9.93. The van der Waals surface area contributed by atoms with Crippen LogP contribution in [0.15, 0.2) is 23.2 Å². The fourth-order valence-electron chi connectivity index (χ4n) is 2.97. The summed E-state index contributed by atoms with van der Waals surface area (Å²) in [5.74, 6) is 1.29. The minimum atomic E-state index is -2.89. The fourth-order valence-corrected chi connectivity index (χ4v) is 2.97. The molecule has 0 atom stereocenters. The summed E-state index contributed by atoms with van der Waals surface area (Å²) in [6.07, 6.45) is 2.47. The van der Waals surface area contributed by atoms with Gasteiger partial charge in [-0.1, -0.05) is 0 Å². The summed E-state index contributed by atoms with van der Waals surface area (Å²) in [5, 5.41) is 6.48. The molecule has 0 unspecified atom stereocenters. The molecule has 2 rings (SSSR count). The molecule has 0 spiro atoms. The molecule has 0 amide bonds. The minimum Gasteiger partial charge on any atom is -0.497 e. The lowest BCUT2D eigenvalue weighted by atomic mass is 10.2. The van der Waals surface area contributed by atoms with Crippen molar-refractivity contribution in [3.05, 3.63) is 23.8 Å². The van der Waals surface area contributed by atoms with Crippen LogP contribution in [0.5, 0.6) is 11.5 Å². The van der Waals surface area contributed by atoms with Crippen molar-refractivity contribution in [2.75, 3.05) is 47.0 Å². The number of rotatable bonds is 13. The number of nitrogens with zero attached hydrogens (tertiary/aromatic N) is 2. The number of alkyl halides is 2. The molecule has 2 N–H and O–H groups in total. The van der Waals surface area contributed by atoms with E-state index in [0.29, 0.717) is 36.5 Å². The lowest BCUT2D eigenvalue weighted by Crippen LogP contribution is -2.42. The van der Waals surface area contributed by atoms with Crippen molar-refractivity contribution in [3.8, 4) is 11.5 Å². The second-order valence-corrected chi connectivity index (χ2v) is 6.73. The second kappa shape index (κ2) is 12.4. The van der Waals surface area contributed by atoms with Gasteiger partial charge < -0.3 is 24.8 Å². The Morgan fingerprint density at radius 1 is 1.24 bits per heavy atom. The van der Waals surface area contributed by atoms with Crippen LogP contribution in [-0.2, 0) is 11.3 Å². The Hall–Kier alpha value is -2.13. The van der Waals surface area contributed by atoms with Gasteiger partial charge in [-0.3, -0.25) is 4.90 Å². The average molecular weight is 414 g/mol. The van der Waals surface area contributed by atoms with E-state index in [-0.39, 0.29) is 12.3 Å². The Morgan fingerprint density at radius 3 is 2.66 bits per heavy atom. The number of aliphatic imine (C=N–C) groups is 1. The van der Waals surface area contributed by atoms with E-state index in [4.69, 9.17) is 9.47 Å². The third-order valence-corrected chi connectivity index (χ3v) is 4.57. The number of nitrogens with one attached hydrogen (secondary N) is 2. The molecule has 0 radical (unpaired) electrons. The van der Waals surface area contributed by atoms with Crippen molar-refractivity contribution in [2.24, 2.45) is 4.99 Å². The SMILES string of the molecule is CCNC(=NCc1cc(OC)ccc1OC(F)F)NCCN(CCOC)C1CC1. The van der Waals surface area contributed by atoms with Crippen LogP contribution in [0.2, 0.25) is 0 Å². The van der Waals surface area contributed by atoms with Gasteiger partial charge in [0.15, 0.2) is 5.96 Å². The minimum absolute atomic E-state index is 0.0971. The zero-order chi connectivity index (χ0) is 21.1. The summed E-state index contributed by atoms with van der Waals surface area (Å²) in [6.45, 7) is 3.20. The van der Waals surface area contributed by atoms with E-state index in [2.05, 4.69) is 25.3 Å². The zero-order valence-electron chi connectivity index (χ0n) is 17.4. The van der Waals surface area contributed by atoms with Crippen LogP contribution in [-0.4, -0.2) is 70.5 Å². The van der Waals surface area contributed by atoms with Crippen molar-refractivity contribution < 1.29 is 23.0 Å². The lowest BCUT2D eigenvalue weighted by Gasteiger charge is -2.22. The molecule has 1 fully saturated rings. The molecule has 1 aromatic carbocycles. The molecule has 1 aromatic rings. The highest BCUT2D eigenvalue weighted by atomic mass is 19.3. The van der Waals surface area contributed by atoms with Crippen molar-refractivity contribution in [3.63, 3.8) is 0 Å². The Balaban J connectivity index is 1.97. The molecule has 0 aliphatic heterocycles. The summed E-state index contributed by atoms with van der Waals surface area (Å²) in [6, 6.07) is 5.36. The summed E-state index contributed by atoms with van der Waals surface area (Å²) >= 11 is 0. The third-order valence-electron chi connectivity index (χ3n) is 4.57. The molecule has 29 heavy (non-hydrogen) atoms. The predicted octanol–water partition coefficient (Wildman–Crippen LogP) is 2.46. The second-order valence-electron chi connectivity index (χ2n) is 6.73. The first-order valence-corrected chi connectivity index (χ1v) is 9.94. The monoisotopic (exact) mass is 414 g/mol. The van der Waals surface area contributed by atoms with E-state index in [0.717, 1.165) is 19.6 Å². The summed E-state index contributed by atoms with van der Waals surface area (Å²) in [5.41, 5.74) is 0.529. The normalized spacial score (nSPS) is 14.4. The van der Waals surface area contributed by atoms with Crippen LogP contribution in [0, 0.1) is 0 Å². The molecule has 0 bridgehead atoms. The number of ether oxygens (including phenoxy) is 3. The van der Waals surface area contributed by atoms with Crippen molar-refractivity contribution in [1.82, 2.24) is 15.5 Å². The molecular weight excluding hydrogens is 382 g/mol. The molecule has 1 aliphatic rings. The maximum atomic E-state index is 12.7. The van der Waals surface area contributed by atoms with Gasteiger partial charge >= 0.3 is 6.61 Å². The first kappa shape index (κ1) is 23.2. The van der Waals surface area contributed by atoms with Gasteiger partial charge in [0, 0.05) is 44.9 Å². The van der Waals surface area contributed by atoms with Gasteiger partial charge in [0.1, 0.15) is 11.5 Å². The third kappa shape index (κ3) is 8.41. The number of hydrogen-bond donors (Lipinski definition) is 2. The molecule has 7 nitrogen and oxygen atoms in total. The summed E-state index contributed by atoms with van der Waals surface area (Å²) in [7, 11) is 3.24. The highest BCUT2D eigenvalue weighted by Gasteiger charge is 2.28. The molecule has 1 aliphatic carbocycles. The number of benzene rings is 1. The van der Waals surface area contributed by atoms with Crippen molar-refractivity contribution in [2.45, 2.75) is 39.0 Å². The highest BCUT2D eigenvalue weighted by molar-refractivity contribution is 5.79. The van der Waals surface area contributed by atoms with Crippen LogP contribution in [0.3, 0.4) is 0 Å². The van der Waals surface area contributed by atoms with Crippen LogP contribution < -0.4 is 20.1 Å². The molecule has 1 saturated carbocycles. The maximum Gasteiger partial charge on any atom is 0.387 e. The van der Waals surface area contributed by atoms with Gasteiger partial charge in [0.25, 0.3) is 0 Å². The van der Waals surface area contributed by atoms with Gasteiger partial charge in [-0.2, -0.15) is 8.78 Å². The largest absolute Gasteiger partial charge is 0.497 e. The van der Waals surface area contributed by atoms with Gasteiger partial charge in [0.05, 0.1) is 20.3 Å². The van der Waals surface area contributed by atoms with E-state index in [1.54, 1.807) is 19.2 Å². The van der Waals surface area contributed by atoms with Crippen LogP contribution in [0.25, 0.3) is 0 Å². The summed E-state index contributed by atoms with van der Waals surface area (Å²) < 4.78 is 40.3. The Morgan fingerprint density at radius 2 is 2.03 bits per heavy atom. The van der Waals surface area contributed by atoms with Crippen molar-refractivity contribution >= 4 is 5.96 Å². The predicted molar refractivity (Wildman–Crippen MR) is 109 cm³/mol. The molecule has 0 saturated heterocycles. The number of hydrogen-bond acceptors (Lipinski definition) is 5. The molecule has 9 heteroatoms. The van der Waals surface area contributed by atoms with Gasteiger partial charge in [-0.05, 0) is 38.0 Å². The Labute approximate surface area is 171 Å². The van der Waals surface area contributed by atoms with E-state index in [1.165, 1.54) is 26.0 Å². The standard InChI is InChI=1S/C20H32F2N4O3/c1-4-23-20(24-9-10-26(11-12-27-2)16-5-6-16)25-14-15-13-17(28-3)7-8-18(15)29-19(21)22/h7-8,13,16,19H,4-6,9-12,14H2,1-3H3,(H2,23,24,25). The molecule has 0 aromatic heterocycles. The van der Waals surface area contributed by atoms with E-state index in [9.17, 15) is 8.78 Å². The smallest absolute Gasteiger partial charge is 0.387 e. The number of halogens is 2. The fraction of sp³-hybridized carbons (Fsp3) is 0.650. The Bertz CT molecular complexity index is 642. The number of guanidine groups is 1. The first-order chi connectivity index (χ1) is 14.1. The van der Waals surface area contributed by atoms with Gasteiger partial charge in [0.2, 0.25) is 0 Å². The first-order valence-electron chi connectivity index (χ1n) is 9.94. The molecule has 164 valence electrons. The van der Waals surface area contributed by atoms with E-state index in [1.807, 2.05) is 6.92 Å². The topological polar surface area (TPSA) is 67.4 Å². The maximum absolute atomic E-state index is 12.7. The highest BCUT2D eigenvalue weighted by Crippen LogP contribution is 2.27. The van der Waals surface area contributed by atoms with E-state index >= 15 is 0 Å². The average Bonchev–Trinajstić information content (AvgIpc) is 3.54. The van der Waals surface area contributed by atoms with Crippen LogP contribution in [0.4, 0.5) is 8.78 Å². The van der Waals surface area contributed by atoms with Crippen LogP contribution >= 0.6 is 0 Å². The van der Waals surface area contributed by atoms with Gasteiger partial charge in [-0.15, -0.1) is 0 Å². The van der Waals surface area contributed by atoms with Crippen molar-refractivity contribution in [1.29, 1.82) is 0 Å². The quantitative estimate of drug-likeness (QED) is 0.382. The molecule has 0 heterocycles. The van der Waals surface area contributed by atoms with Gasteiger partial charge in [-0.25, -0.2) is 4.99 Å². The zero-order valence-corrected chi connectivity index (χ0v) is 17.4. The molecular formula is C20H32F2N4O3. The van der Waals surface area contributed by atoms with E-state index < -0.39 is 6.61 Å². The summed E-state index contributed by atoms with van der Waals surface area (Å²) in [4.78, 5) is 6.93. The number of methoxy groups -OCH3 is 2.